The van der Waals surface area contributed by atoms with Crippen LogP contribution in [0, 0.1) is 17.2 Å². The molecule has 6 rings (SSSR count). The van der Waals surface area contributed by atoms with Crippen molar-refractivity contribution >= 4 is 17.2 Å². The Morgan fingerprint density at radius 2 is 2.03 bits per heavy atom. The quantitative estimate of drug-likeness (QED) is 0.627. The van der Waals surface area contributed by atoms with Crippen LogP contribution in [0.3, 0.4) is 0 Å². The minimum atomic E-state index is 0.0282. The van der Waals surface area contributed by atoms with Gasteiger partial charge < -0.3 is 14.8 Å². The van der Waals surface area contributed by atoms with E-state index < -0.39 is 0 Å². The normalized spacial score (nSPS) is 24.5. The SMILES string of the molecule is CN1[C@@H]2COC[C@H]1CC(Oc1cnc(C#N)cc1-c1ccn3nc(NC(=O)C4CC4)cc3c1)C2. The zero-order valence-corrected chi connectivity index (χ0v) is 19.0. The molecule has 3 aromatic heterocycles. The van der Waals surface area contributed by atoms with Crippen molar-refractivity contribution < 1.29 is 14.3 Å². The Balaban J connectivity index is 1.29. The number of hydrogen-bond donors (Lipinski definition) is 1. The summed E-state index contributed by atoms with van der Waals surface area (Å²) in [5.74, 6) is 1.35. The van der Waals surface area contributed by atoms with Crippen molar-refractivity contribution in [1.29, 1.82) is 5.26 Å². The molecule has 1 amide bonds. The lowest BCUT2D eigenvalue weighted by molar-refractivity contribution is -0.117. The number of piperidine rings is 1. The minimum absolute atomic E-state index is 0.0282. The second-order valence-corrected chi connectivity index (χ2v) is 9.48. The fourth-order valence-corrected chi connectivity index (χ4v) is 4.94. The summed E-state index contributed by atoms with van der Waals surface area (Å²) in [6.07, 6.45) is 7.23. The third-order valence-corrected chi connectivity index (χ3v) is 7.09. The smallest absolute Gasteiger partial charge is 0.228 e. The molecule has 174 valence electrons. The number of fused-ring (bicyclic) bond motifs is 3. The van der Waals surface area contributed by atoms with Gasteiger partial charge in [0.15, 0.2) is 5.82 Å². The van der Waals surface area contributed by atoms with Gasteiger partial charge in [0.2, 0.25) is 5.91 Å². The summed E-state index contributed by atoms with van der Waals surface area (Å²) in [7, 11) is 2.16. The average molecular weight is 459 g/mol. The Bertz CT molecular complexity index is 1280. The maximum absolute atomic E-state index is 12.1. The molecule has 0 radical (unpaired) electrons. The van der Waals surface area contributed by atoms with E-state index in [0.29, 0.717) is 29.3 Å². The summed E-state index contributed by atoms with van der Waals surface area (Å²) < 4.78 is 14.0. The Morgan fingerprint density at radius 3 is 2.76 bits per heavy atom. The van der Waals surface area contributed by atoms with Crippen molar-refractivity contribution in [3.05, 3.63) is 42.4 Å². The van der Waals surface area contributed by atoms with E-state index in [-0.39, 0.29) is 17.9 Å². The zero-order chi connectivity index (χ0) is 23.2. The molecule has 0 aromatic carbocycles. The van der Waals surface area contributed by atoms with E-state index in [0.717, 1.165) is 55.5 Å². The van der Waals surface area contributed by atoms with Gasteiger partial charge in [0, 0.05) is 48.7 Å². The molecule has 2 saturated heterocycles. The fraction of sp³-hybridized carbons (Fsp3) is 0.440. The highest BCUT2D eigenvalue weighted by Crippen LogP contribution is 2.35. The van der Waals surface area contributed by atoms with Crippen molar-refractivity contribution in [3.63, 3.8) is 0 Å². The first-order valence-electron chi connectivity index (χ1n) is 11.7. The number of morpholine rings is 1. The molecule has 0 spiro atoms. The monoisotopic (exact) mass is 458 g/mol. The number of anilines is 1. The molecule has 5 heterocycles. The van der Waals surface area contributed by atoms with Crippen molar-refractivity contribution in [1.82, 2.24) is 19.5 Å². The van der Waals surface area contributed by atoms with Crippen LogP contribution in [-0.4, -0.2) is 63.9 Å². The highest BCUT2D eigenvalue weighted by Gasteiger charge is 2.38. The molecule has 2 aliphatic heterocycles. The average Bonchev–Trinajstić information content (AvgIpc) is 3.60. The molecular weight excluding hydrogens is 432 g/mol. The fourth-order valence-electron chi connectivity index (χ4n) is 4.94. The summed E-state index contributed by atoms with van der Waals surface area (Å²) in [5, 5.41) is 16.8. The number of ether oxygens (including phenoxy) is 2. The third kappa shape index (κ3) is 4.00. The van der Waals surface area contributed by atoms with Crippen LogP contribution >= 0.6 is 0 Å². The van der Waals surface area contributed by atoms with Crippen LogP contribution < -0.4 is 10.1 Å². The Kier molecular flexibility index (Phi) is 5.20. The Hall–Kier alpha value is -3.48. The number of rotatable bonds is 5. The topological polar surface area (TPSA) is 105 Å². The van der Waals surface area contributed by atoms with Crippen LogP contribution in [0.1, 0.15) is 31.4 Å². The maximum Gasteiger partial charge on any atom is 0.228 e. The molecule has 1 aliphatic carbocycles. The molecule has 9 heteroatoms. The van der Waals surface area contributed by atoms with Crippen molar-refractivity contribution in [2.24, 2.45) is 5.92 Å². The first-order valence-corrected chi connectivity index (χ1v) is 11.7. The van der Waals surface area contributed by atoms with Crippen molar-refractivity contribution in [2.75, 3.05) is 25.6 Å². The van der Waals surface area contributed by atoms with Gasteiger partial charge in [0.1, 0.15) is 23.6 Å². The number of nitriles is 1. The summed E-state index contributed by atoms with van der Waals surface area (Å²) in [5.41, 5.74) is 2.90. The number of pyridine rings is 2. The maximum atomic E-state index is 12.1. The zero-order valence-electron chi connectivity index (χ0n) is 19.0. The van der Waals surface area contributed by atoms with E-state index >= 15 is 0 Å². The molecule has 3 atom stereocenters. The standard InChI is InChI=1S/C25H26N6O3/c1-30-19-8-21(9-20(30)14-33-13-19)34-23-12-27-17(11-26)7-22(23)16-4-5-31-18(6-16)10-24(29-31)28-25(32)15-2-3-15/h4-7,10,12,15,19-21H,2-3,8-9,13-14H2,1H3,(H,28,29,32)/t19-,20+,21?. The largest absolute Gasteiger partial charge is 0.488 e. The minimum Gasteiger partial charge on any atom is -0.488 e. The van der Waals surface area contributed by atoms with Crippen LogP contribution in [0.2, 0.25) is 0 Å². The number of nitrogens with zero attached hydrogens (tertiary/aromatic N) is 5. The van der Waals surface area contributed by atoms with E-state index in [9.17, 15) is 10.1 Å². The van der Waals surface area contributed by atoms with Gasteiger partial charge >= 0.3 is 0 Å². The highest BCUT2D eigenvalue weighted by molar-refractivity contribution is 5.93. The van der Waals surface area contributed by atoms with E-state index in [1.165, 1.54) is 0 Å². The molecule has 9 nitrogen and oxygen atoms in total. The van der Waals surface area contributed by atoms with Crippen molar-refractivity contribution in [3.8, 4) is 22.9 Å². The molecule has 3 aliphatic rings. The molecule has 3 fully saturated rings. The molecule has 2 bridgehead atoms. The number of aromatic nitrogens is 3. The van der Waals surface area contributed by atoms with Gasteiger partial charge in [-0.05, 0) is 43.7 Å². The summed E-state index contributed by atoms with van der Waals surface area (Å²) in [4.78, 5) is 18.8. The van der Waals surface area contributed by atoms with Gasteiger partial charge in [-0.2, -0.15) is 10.4 Å². The van der Waals surface area contributed by atoms with Crippen LogP contribution in [0.25, 0.3) is 16.6 Å². The molecule has 1 saturated carbocycles. The number of carbonyl (C=O) groups excluding carboxylic acids is 1. The summed E-state index contributed by atoms with van der Waals surface area (Å²) in [6, 6.07) is 10.4. The first-order chi connectivity index (χ1) is 16.6. The number of hydrogen-bond acceptors (Lipinski definition) is 7. The van der Waals surface area contributed by atoms with Gasteiger partial charge in [-0.3, -0.25) is 9.69 Å². The number of nitrogens with one attached hydrogen (secondary N) is 1. The van der Waals surface area contributed by atoms with E-state index in [2.05, 4.69) is 33.4 Å². The van der Waals surface area contributed by atoms with E-state index in [1.807, 2.05) is 24.4 Å². The van der Waals surface area contributed by atoms with Gasteiger partial charge in [0.05, 0.1) is 24.9 Å². The highest BCUT2D eigenvalue weighted by atomic mass is 16.5. The van der Waals surface area contributed by atoms with Crippen molar-refractivity contribution in [2.45, 2.75) is 43.9 Å². The van der Waals surface area contributed by atoms with E-state index in [1.54, 1.807) is 16.8 Å². The van der Waals surface area contributed by atoms with E-state index in [4.69, 9.17) is 9.47 Å². The molecule has 34 heavy (non-hydrogen) atoms. The lowest BCUT2D eigenvalue weighted by Gasteiger charge is -2.46. The molecule has 1 N–H and O–H groups in total. The number of carbonyl (C=O) groups is 1. The van der Waals surface area contributed by atoms with Gasteiger partial charge in [-0.15, -0.1) is 0 Å². The van der Waals surface area contributed by atoms with Crippen LogP contribution in [-0.2, 0) is 9.53 Å². The van der Waals surface area contributed by atoms with Crippen LogP contribution in [0.15, 0.2) is 36.7 Å². The van der Waals surface area contributed by atoms with Crippen LogP contribution in [0.4, 0.5) is 5.82 Å². The Morgan fingerprint density at radius 1 is 1.24 bits per heavy atom. The predicted octanol–water partition coefficient (Wildman–Crippen LogP) is 2.86. The number of amides is 1. The lowest BCUT2D eigenvalue weighted by Crippen LogP contribution is -2.57. The molecule has 3 aromatic rings. The van der Waals surface area contributed by atoms with Crippen LogP contribution in [0.5, 0.6) is 5.75 Å². The lowest BCUT2D eigenvalue weighted by atomic mass is 9.92. The predicted molar refractivity (Wildman–Crippen MR) is 124 cm³/mol. The molecule has 1 unspecified atom stereocenters. The first kappa shape index (κ1) is 21.1. The van der Waals surface area contributed by atoms with Gasteiger partial charge in [0.25, 0.3) is 0 Å². The Labute approximate surface area is 197 Å². The second kappa shape index (κ2) is 8.38. The molecular formula is C25H26N6O3. The number of likely N-dealkylation sites (N-methyl/N-ethyl adjacent to an activating group) is 1. The van der Waals surface area contributed by atoms with Gasteiger partial charge in [-0.1, -0.05) is 0 Å². The second-order valence-electron chi connectivity index (χ2n) is 9.48. The summed E-state index contributed by atoms with van der Waals surface area (Å²) >= 11 is 0. The summed E-state index contributed by atoms with van der Waals surface area (Å²) in [6.45, 7) is 1.45. The van der Waals surface area contributed by atoms with Gasteiger partial charge in [-0.25, -0.2) is 9.50 Å². The third-order valence-electron chi connectivity index (χ3n) is 7.09.